The third kappa shape index (κ3) is 2.69. The topological polar surface area (TPSA) is 98.7 Å². The lowest BCUT2D eigenvalue weighted by molar-refractivity contribution is -0.402. The van der Waals surface area contributed by atoms with Gasteiger partial charge in [0.1, 0.15) is 16.8 Å². The maximum Gasteiger partial charge on any atom is 0.433 e. The number of hydrogen-bond acceptors (Lipinski definition) is 6. The third-order valence-corrected chi connectivity index (χ3v) is 3.05. The lowest BCUT2D eigenvalue weighted by Crippen LogP contribution is -2.56. The molecular weight excluding hydrogens is 278 g/mol. The largest absolute Gasteiger partial charge is 0.485 e. The fourth-order valence-corrected chi connectivity index (χ4v) is 1.98. The van der Waals surface area contributed by atoms with Crippen LogP contribution < -0.4 is 4.74 Å². The van der Waals surface area contributed by atoms with Gasteiger partial charge in [0.25, 0.3) is 5.91 Å². The summed E-state index contributed by atoms with van der Waals surface area (Å²) in [6.45, 7) is 0.810. The smallest absolute Gasteiger partial charge is 0.433 e. The molecule has 1 fully saturated rings. The molecule has 1 saturated heterocycles. The summed E-state index contributed by atoms with van der Waals surface area (Å²) in [5, 5.41) is 10.5. The molecule has 0 atom stereocenters. The summed E-state index contributed by atoms with van der Waals surface area (Å²) in [6, 6.07) is 6.01. The average Bonchev–Trinajstić information content (AvgIpc) is 2.93. The summed E-state index contributed by atoms with van der Waals surface area (Å²) in [5.74, 6) is -0.221. The van der Waals surface area contributed by atoms with Crippen molar-refractivity contribution in [3.05, 3.63) is 52.5 Å². The SMILES string of the molecule is O=C(c1ccc([N+](=O)[O-])o1)N1CC(Oc2cccnc2)C1. The minimum Gasteiger partial charge on any atom is -0.485 e. The highest BCUT2D eigenvalue weighted by Crippen LogP contribution is 2.22. The second-order valence-electron chi connectivity index (χ2n) is 4.53. The van der Waals surface area contributed by atoms with Crippen LogP contribution in [0.15, 0.2) is 41.1 Å². The monoisotopic (exact) mass is 289 g/mol. The quantitative estimate of drug-likeness (QED) is 0.624. The van der Waals surface area contributed by atoms with E-state index in [1.165, 1.54) is 11.0 Å². The molecule has 1 aliphatic heterocycles. The highest BCUT2D eigenvalue weighted by molar-refractivity contribution is 5.92. The maximum atomic E-state index is 12.0. The first kappa shape index (κ1) is 13.1. The van der Waals surface area contributed by atoms with E-state index >= 15 is 0 Å². The molecule has 0 saturated carbocycles. The van der Waals surface area contributed by atoms with Crippen molar-refractivity contribution in [3.63, 3.8) is 0 Å². The minimum absolute atomic E-state index is 0.0403. The second kappa shape index (κ2) is 5.23. The number of ether oxygens (including phenoxy) is 1. The van der Waals surface area contributed by atoms with E-state index in [1.54, 1.807) is 24.5 Å². The summed E-state index contributed by atoms with van der Waals surface area (Å²) >= 11 is 0. The van der Waals surface area contributed by atoms with Crippen molar-refractivity contribution < 1.29 is 18.9 Å². The Morgan fingerprint density at radius 1 is 1.43 bits per heavy atom. The number of rotatable bonds is 4. The van der Waals surface area contributed by atoms with Crippen molar-refractivity contribution in [1.29, 1.82) is 0 Å². The molecule has 0 radical (unpaired) electrons. The van der Waals surface area contributed by atoms with Gasteiger partial charge >= 0.3 is 5.88 Å². The van der Waals surface area contributed by atoms with E-state index < -0.39 is 10.8 Å². The summed E-state index contributed by atoms with van der Waals surface area (Å²) in [6.07, 6.45) is 3.14. The first-order chi connectivity index (χ1) is 10.1. The van der Waals surface area contributed by atoms with Crippen molar-refractivity contribution >= 4 is 11.8 Å². The van der Waals surface area contributed by atoms with Crippen LogP contribution in [0.25, 0.3) is 0 Å². The van der Waals surface area contributed by atoms with E-state index in [0.717, 1.165) is 6.07 Å². The molecule has 2 aromatic heterocycles. The number of carbonyl (C=O) groups is 1. The van der Waals surface area contributed by atoms with Gasteiger partial charge < -0.3 is 14.1 Å². The molecule has 3 heterocycles. The number of hydrogen-bond donors (Lipinski definition) is 0. The van der Waals surface area contributed by atoms with Crippen molar-refractivity contribution in [1.82, 2.24) is 9.88 Å². The zero-order valence-corrected chi connectivity index (χ0v) is 10.8. The van der Waals surface area contributed by atoms with E-state index in [-0.39, 0.29) is 17.8 Å². The fourth-order valence-electron chi connectivity index (χ4n) is 1.98. The van der Waals surface area contributed by atoms with Crippen LogP contribution in [0, 0.1) is 10.1 Å². The normalized spacial score (nSPS) is 14.6. The highest BCUT2D eigenvalue weighted by Gasteiger charge is 2.34. The van der Waals surface area contributed by atoms with Crippen molar-refractivity contribution in [2.24, 2.45) is 0 Å². The van der Waals surface area contributed by atoms with Gasteiger partial charge in [-0.25, -0.2) is 0 Å². The molecule has 8 heteroatoms. The Kier molecular flexibility index (Phi) is 3.27. The number of carbonyl (C=O) groups excluding carboxylic acids is 1. The molecular formula is C13H11N3O5. The maximum absolute atomic E-state index is 12.0. The van der Waals surface area contributed by atoms with Gasteiger partial charge in [0.2, 0.25) is 0 Å². The highest BCUT2D eigenvalue weighted by atomic mass is 16.6. The van der Waals surface area contributed by atoms with E-state index in [4.69, 9.17) is 9.15 Å². The van der Waals surface area contributed by atoms with Crippen LogP contribution in [0.3, 0.4) is 0 Å². The van der Waals surface area contributed by atoms with E-state index in [0.29, 0.717) is 18.8 Å². The summed E-state index contributed by atoms with van der Waals surface area (Å²) in [7, 11) is 0. The summed E-state index contributed by atoms with van der Waals surface area (Å²) in [5.41, 5.74) is 0. The molecule has 8 nitrogen and oxygen atoms in total. The Balaban J connectivity index is 1.55. The van der Waals surface area contributed by atoms with Crippen molar-refractivity contribution in [3.8, 4) is 5.75 Å². The number of aromatic nitrogens is 1. The summed E-state index contributed by atoms with van der Waals surface area (Å²) < 4.78 is 10.5. The second-order valence-corrected chi connectivity index (χ2v) is 4.53. The molecule has 1 aliphatic rings. The van der Waals surface area contributed by atoms with Crippen LogP contribution in [0.2, 0.25) is 0 Å². The average molecular weight is 289 g/mol. The van der Waals surface area contributed by atoms with Gasteiger partial charge in [-0.05, 0) is 18.2 Å². The molecule has 0 spiro atoms. The van der Waals surface area contributed by atoms with E-state index in [9.17, 15) is 14.9 Å². The Morgan fingerprint density at radius 2 is 2.24 bits per heavy atom. The molecule has 1 amide bonds. The first-order valence-electron chi connectivity index (χ1n) is 6.23. The van der Waals surface area contributed by atoms with Gasteiger partial charge in [-0.15, -0.1) is 0 Å². The van der Waals surface area contributed by atoms with Crippen LogP contribution in [0.1, 0.15) is 10.6 Å². The van der Waals surface area contributed by atoms with Gasteiger partial charge in [0.05, 0.1) is 25.4 Å². The molecule has 0 bridgehead atoms. The number of likely N-dealkylation sites (tertiary alicyclic amines) is 1. The zero-order chi connectivity index (χ0) is 14.8. The first-order valence-corrected chi connectivity index (χ1v) is 6.23. The predicted molar refractivity (Wildman–Crippen MR) is 69.9 cm³/mol. The number of nitrogens with zero attached hydrogens (tertiary/aromatic N) is 3. The number of furan rings is 1. The van der Waals surface area contributed by atoms with Crippen LogP contribution in [-0.4, -0.2) is 39.9 Å². The Labute approximate surface area is 119 Å². The van der Waals surface area contributed by atoms with Crippen LogP contribution in [0.5, 0.6) is 5.75 Å². The zero-order valence-electron chi connectivity index (χ0n) is 10.8. The van der Waals surface area contributed by atoms with Crippen molar-refractivity contribution in [2.75, 3.05) is 13.1 Å². The molecule has 0 aromatic carbocycles. The molecule has 0 N–H and O–H groups in total. The number of nitro groups is 1. The third-order valence-electron chi connectivity index (χ3n) is 3.05. The van der Waals surface area contributed by atoms with E-state index in [1.807, 2.05) is 0 Å². The lowest BCUT2D eigenvalue weighted by Gasteiger charge is -2.38. The molecule has 0 aliphatic carbocycles. The van der Waals surface area contributed by atoms with Crippen molar-refractivity contribution in [2.45, 2.75) is 6.10 Å². The van der Waals surface area contributed by atoms with Gasteiger partial charge in [0.15, 0.2) is 5.76 Å². The lowest BCUT2D eigenvalue weighted by atomic mass is 10.1. The number of pyridine rings is 1. The minimum atomic E-state index is -0.679. The molecule has 0 unspecified atom stereocenters. The van der Waals surface area contributed by atoms with Crippen LogP contribution >= 0.6 is 0 Å². The predicted octanol–water partition coefficient (Wildman–Crippen LogP) is 1.49. The molecule has 108 valence electrons. The summed E-state index contributed by atoms with van der Waals surface area (Å²) in [4.78, 5) is 27.3. The number of amides is 1. The van der Waals surface area contributed by atoms with Crippen LogP contribution in [-0.2, 0) is 0 Å². The van der Waals surface area contributed by atoms with Gasteiger partial charge in [-0.3, -0.25) is 19.9 Å². The Hall–Kier alpha value is -2.90. The Morgan fingerprint density at radius 3 is 2.86 bits per heavy atom. The van der Waals surface area contributed by atoms with Crippen LogP contribution in [0.4, 0.5) is 5.88 Å². The molecule has 21 heavy (non-hydrogen) atoms. The van der Waals surface area contributed by atoms with E-state index in [2.05, 4.69) is 4.98 Å². The molecule has 2 aromatic rings. The molecule has 3 rings (SSSR count). The standard InChI is InChI=1S/C13H11N3O5/c17-13(11-3-4-12(21-11)16(18)19)15-7-10(8-15)20-9-2-1-5-14-6-9/h1-6,10H,7-8H2. The fraction of sp³-hybridized carbons (Fsp3) is 0.231. The Bertz CT molecular complexity index is 663. The van der Waals surface area contributed by atoms with Gasteiger partial charge in [-0.1, -0.05) is 0 Å². The van der Waals surface area contributed by atoms with Gasteiger partial charge in [-0.2, -0.15) is 0 Å². The van der Waals surface area contributed by atoms with Gasteiger partial charge in [0, 0.05) is 6.20 Å².